The Morgan fingerprint density at radius 3 is 3.00 bits per heavy atom. The molecule has 1 aliphatic carbocycles. The van der Waals surface area contributed by atoms with Crippen molar-refractivity contribution in [2.45, 2.75) is 32.1 Å². The van der Waals surface area contributed by atoms with Crippen LogP contribution in [0.1, 0.15) is 32.1 Å². The highest BCUT2D eigenvalue weighted by Crippen LogP contribution is 2.27. The molecule has 0 aliphatic heterocycles. The summed E-state index contributed by atoms with van der Waals surface area (Å²) >= 11 is 1.47. The normalized spacial score (nSPS) is 17.1. The molecule has 0 aromatic carbocycles. The number of aromatic nitrogens is 1. The van der Waals surface area contributed by atoms with E-state index in [4.69, 9.17) is 0 Å². The van der Waals surface area contributed by atoms with Gasteiger partial charge in [-0.3, -0.25) is 4.79 Å². The summed E-state index contributed by atoms with van der Waals surface area (Å²) in [5.74, 6) is 0.724. The van der Waals surface area contributed by atoms with Gasteiger partial charge >= 0.3 is 0 Å². The van der Waals surface area contributed by atoms with E-state index in [1.807, 2.05) is 5.38 Å². The van der Waals surface area contributed by atoms with Crippen LogP contribution in [0.3, 0.4) is 0 Å². The highest BCUT2D eigenvalue weighted by molar-refractivity contribution is 7.13. The molecule has 0 unspecified atom stereocenters. The van der Waals surface area contributed by atoms with Crippen LogP contribution in [0.5, 0.6) is 0 Å². The molecule has 1 fully saturated rings. The van der Waals surface area contributed by atoms with Crippen LogP contribution in [-0.2, 0) is 4.79 Å². The van der Waals surface area contributed by atoms with Crippen molar-refractivity contribution in [2.75, 3.05) is 5.32 Å². The molecule has 1 heterocycles. The summed E-state index contributed by atoms with van der Waals surface area (Å²) in [4.78, 5) is 15.5. The van der Waals surface area contributed by atoms with Gasteiger partial charge in [-0.05, 0) is 18.8 Å². The topological polar surface area (TPSA) is 42.0 Å². The number of carbonyl (C=O) groups is 1. The number of nitrogens with one attached hydrogen (secondary N) is 1. The molecule has 3 nitrogen and oxygen atoms in total. The summed E-state index contributed by atoms with van der Waals surface area (Å²) in [5.41, 5.74) is 0. The minimum absolute atomic E-state index is 0.117. The van der Waals surface area contributed by atoms with E-state index in [0.29, 0.717) is 17.5 Å². The average Bonchev–Trinajstić information content (AvgIpc) is 2.76. The molecule has 0 atom stereocenters. The Morgan fingerprint density at radius 2 is 2.36 bits per heavy atom. The monoisotopic (exact) mass is 210 g/mol. The van der Waals surface area contributed by atoms with Crippen molar-refractivity contribution >= 4 is 22.4 Å². The largest absolute Gasteiger partial charge is 0.302 e. The van der Waals surface area contributed by atoms with Gasteiger partial charge in [-0.1, -0.05) is 12.8 Å². The van der Waals surface area contributed by atoms with Gasteiger partial charge in [0.1, 0.15) is 0 Å². The van der Waals surface area contributed by atoms with E-state index in [-0.39, 0.29) is 5.91 Å². The van der Waals surface area contributed by atoms with Gasteiger partial charge in [0.05, 0.1) is 0 Å². The molecule has 2 rings (SSSR count). The zero-order valence-corrected chi connectivity index (χ0v) is 8.85. The minimum Gasteiger partial charge on any atom is -0.302 e. The van der Waals surface area contributed by atoms with E-state index in [9.17, 15) is 4.79 Å². The molecular weight excluding hydrogens is 196 g/mol. The maximum atomic E-state index is 11.5. The van der Waals surface area contributed by atoms with E-state index in [1.54, 1.807) is 6.20 Å². The Labute approximate surface area is 87.6 Å². The van der Waals surface area contributed by atoms with Gasteiger partial charge in [-0.25, -0.2) is 4.98 Å². The van der Waals surface area contributed by atoms with E-state index in [0.717, 1.165) is 0 Å². The van der Waals surface area contributed by atoms with Crippen LogP contribution in [0.2, 0.25) is 0 Å². The third-order valence-electron chi connectivity index (χ3n) is 2.63. The predicted molar refractivity (Wildman–Crippen MR) is 57.3 cm³/mol. The highest BCUT2D eigenvalue weighted by atomic mass is 32.1. The van der Waals surface area contributed by atoms with Crippen LogP contribution < -0.4 is 5.32 Å². The van der Waals surface area contributed by atoms with Crippen molar-refractivity contribution < 1.29 is 4.79 Å². The van der Waals surface area contributed by atoms with Gasteiger partial charge in [-0.15, -0.1) is 11.3 Å². The van der Waals surface area contributed by atoms with Crippen molar-refractivity contribution in [3.63, 3.8) is 0 Å². The van der Waals surface area contributed by atoms with E-state index < -0.39 is 0 Å². The molecule has 1 aliphatic rings. The predicted octanol–water partition coefficient (Wildman–Crippen LogP) is 2.66. The summed E-state index contributed by atoms with van der Waals surface area (Å²) in [6, 6.07) is 0. The van der Waals surface area contributed by atoms with E-state index in [2.05, 4.69) is 10.3 Å². The molecule has 1 amide bonds. The number of anilines is 1. The minimum atomic E-state index is 0.117. The van der Waals surface area contributed by atoms with Crippen LogP contribution in [0.15, 0.2) is 11.6 Å². The fourth-order valence-electron chi connectivity index (χ4n) is 1.93. The smallest absolute Gasteiger partial charge is 0.226 e. The van der Waals surface area contributed by atoms with Crippen molar-refractivity contribution in [3.8, 4) is 0 Å². The summed E-state index contributed by atoms with van der Waals surface area (Å²) in [5, 5.41) is 5.40. The molecule has 0 spiro atoms. The van der Waals surface area contributed by atoms with Crippen LogP contribution in [0.25, 0.3) is 0 Å². The number of carbonyl (C=O) groups excluding carboxylic acids is 1. The second-order valence-corrected chi connectivity index (χ2v) is 4.63. The second-order valence-electron chi connectivity index (χ2n) is 3.74. The van der Waals surface area contributed by atoms with E-state index in [1.165, 1.54) is 37.0 Å². The zero-order chi connectivity index (χ0) is 9.80. The molecule has 14 heavy (non-hydrogen) atoms. The fourth-order valence-corrected chi connectivity index (χ4v) is 2.48. The number of thiazole rings is 1. The number of amides is 1. The fraction of sp³-hybridized carbons (Fsp3) is 0.600. The average molecular weight is 210 g/mol. The van der Waals surface area contributed by atoms with E-state index >= 15 is 0 Å². The molecule has 0 bridgehead atoms. The Bertz CT molecular complexity index is 291. The van der Waals surface area contributed by atoms with Crippen molar-refractivity contribution in [1.82, 2.24) is 4.98 Å². The highest BCUT2D eigenvalue weighted by Gasteiger charge is 2.18. The van der Waals surface area contributed by atoms with Crippen LogP contribution >= 0.6 is 11.3 Å². The van der Waals surface area contributed by atoms with Crippen LogP contribution in [0.4, 0.5) is 5.13 Å². The summed E-state index contributed by atoms with van der Waals surface area (Å²) in [6.45, 7) is 0. The molecule has 0 radical (unpaired) electrons. The first-order chi connectivity index (χ1) is 6.84. The Hall–Kier alpha value is -0.900. The second kappa shape index (κ2) is 4.55. The van der Waals surface area contributed by atoms with Gasteiger partial charge < -0.3 is 5.32 Å². The Morgan fingerprint density at radius 1 is 1.57 bits per heavy atom. The third kappa shape index (κ3) is 2.54. The molecule has 4 heteroatoms. The Kier molecular flexibility index (Phi) is 3.14. The van der Waals surface area contributed by atoms with Gasteiger partial charge in [0.2, 0.25) is 5.91 Å². The lowest BCUT2D eigenvalue weighted by Crippen LogP contribution is -2.14. The first kappa shape index (κ1) is 9.65. The van der Waals surface area contributed by atoms with Crippen molar-refractivity contribution in [2.24, 2.45) is 5.92 Å². The number of nitrogens with zero attached hydrogens (tertiary/aromatic N) is 1. The summed E-state index contributed by atoms with van der Waals surface area (Å²) < 4.78 is 0. The van der Waals surface area contributed by atoms with Gasteiger partial charge in [0.15, 0.2) is 5.13 Å². The molecule has 1 N–H and O–H groups in total. The van der Waals surface area contributed by atoms with Crippen molar-refractivity contribution in [1.29, 1.82) is 0 Å². The van der Waals surface area contributed by atoms with Gasteiger partial charge in [-0.2, -0.15) is 0 Å². The Balaban J connectivity index is 1.78. The molecule has 1 aromatic rings. The summed E-state index contributed by atoms with van der Waals surface area (Å²) in [6.07, 6.45) is 7.37. The quantitative estimate of drug-likeness (QED) is 0.833. The number of hydrogen-bond acceptors (Lipinski definition) is 3. The molecule has 76 valence electrons. The SMILES string of the molecule is O=C(CC1CCCC1)Nc1nccs1. The number of rotatable bonds is 3. The zero-order valence-electron chi connectivity index (χ0n) is 8.03. The molecule has 1 aromatic heterocycles. The standard InChI is InChI=1S/C10H14N2OS/c13-9(7-8-3-1-2-4-8)12-10-11-5-6-14-10/h5-6,8H,1-4,7H2,(H,11,12,13). The lowest BCUT2D eigenvalue weighted by atomic mass is 10.0. The first-order valence-corrected chi connectivity index (χ1v) is 5.92. The first-order valence-electron chi connectivity index (χ1n) is 5.04. The third-order valence-corrected chi connectivity index (χ3v) is 3.32. The lowest BCUT2D eigenvalue weighted by molar-refractivity contribution is -0.117. The van der Waals surface area contributed by atoms with Gasteiger partial charge in [0.25, 0.3) is 0 Å². The van der Waals surface area contributed by atoms with Crippen LogP contribution in [-0.4, -0.2) is 10.9 Å². The van der Waals surface area contributed by atoms with Crippen LogP contribution in [0, 0.1) is 5.92 Å². The maximum Gasteiger partial charge on any atom is 0.226 e. The summed E-state index contributed by atoms with van der Waals surface area (Å²) in [7, 11) is 0. The molecule has 0 saturated heterocycles. The molecule has 1 saturated carbocycles. The lowest BCUT2D eigenvalue weighted by Gasteiger charge is -2.07. The number of hydrogen-bond donors (Lipinski definition) is 1. The van der Waals surface area contributed by atoms with Gasteiger partial charge in [0, 0.05) is 18.0 Å². The van der Waals surface area contributed by atoms with Crippen molar-refractivity contribution in [3.05, 3.63) is 11.6 Å². The molecular formula is C10H14N2OS. The maximum absolute atomic E-state index is 11.5.